The average Bonchev–Trinajstić information content (AvgIpc) is 3.39. The van der Waals surface area contributed by atoms with Gasteiger partial charge in [0, 0.05) is 12.1 Å². The molecular weight excluding hydrogens is 360 g/mol. The maximum Gasteiger partial charge on any atom is 0.330 e. The van der Waals surface area contributed by atoms with E-state index in [0.717, 1.165) is 43.5 Å². The lowest BCUT2D eigenvalue weighted by Gasteiger charge is -2.24. The molecule has 1 saturated carbocycles. The van der Waals surface area contributed by atoms with E-state index in [1.165, 1.54) is 4.57 Å². The van der Waals surface area contributed by atoms with Gasteiger partial charge in [-0.15, -0.1) is 0 Å². The number of ether oxygens (including phenoxy) is 1. The first-order valence-electron chi connectivity index (χ1n) is 9.55. The summed E-state index contributed by atoms with van der Waals surface area (Å²) in [6.45, 7) is 0.857. The Morgan fingerprint density at radius 1 is 1.21 bits per heavy atom. The highest BCUT2D eigenvalue weighted by Gasteiger charge is 2.32. The lowest BCUT2D eigenvalue weighted by Crippen LogP contribution is -2.39. The first kappa shape index (κ1) is 18.5. The average molecular weight is 384 g/mol. The van der Waals surface area contributed by atoms with E-state index < -0.39 is 11.2 Å². The molecule has 0 amide bonds. The molecule has 1 aliphatic heterocycles. The normalized spacial score (nSPS) is 19.7. The molecule has 2 heterocycles. The third kappa shape index (κ3) is 3.35. The van der Waals surface area contributed by atoms with Crippen LogP contribution in [0.5, 0.6) is 5.75 Å². The Morgan fingerprint density at radius 3 is 2.57 bits per heavy atom. The van der Waals surface area contributed by atoms with Gasteiger partial charge in [-0.1, -0.05) is 12.1 Å². The van der Waals surface area contributed by atoms with Crippen LogP contribution >= 0.6 is 0 Å². The van der Waals surface area contributed by atoms with Crippen LogP contribution in [0.15, 0.2) is 33.9 Å². The van der Waals surface area contributed by atoms with E-state index in [4.69, 9.17) is 10.5 Å². The van der Waals surface area contributed by atoms with Gasteiger partial charge in [-0.25, -0.2) is 4.79 Å². The van der Waals surface area contributed by atoms with Gasteiger partial charge in [0.1, 0.15) is 17.1 Å². The van der Waals surface area contributed by atoms with E-state index in [0.29, 0.717) is 0 Å². The number of carbonyl (C=O) groups is 1. The van der Waals surface area contributed by atoms with Gasteiger partial charge in [0.15, 0.2) is 5.78 Å². The number of ketones is 1. The van der Waals surface area contributed by atoms with Crippen LogP contribution in [0.3, 0.4) is 0 Å². The fourth-order valence-corrected chi connectivity index (χ4v) is 4.01. The number of Topliss-reactive ketones (excluding diaryl/α,β-unsaturated/α-hetero) is 1. The van der Waals surface area contributed by atoms with Gasteiger partial charge < -0.3 is 10.5 Å². The van der Waals surface area contributed by atoms with Crippen molar-refractivity contribution in [2.45, 2.75) is 37.8 Å². The third-order valence-corrected chi connectivity index (χ3v) is 5.58. The number of benzene rings is 1. The van der Waals surface area contributed by atoms with E-state index in [-0.39, 0.29) is 35.8 Å². The topological polar surface area (TPSA) is 110 Å². The first-order valence-corrected chi connectivity index (χ1v) is 9.55. The van der Waals surface area contributed by atoms with Crippen LogP contribution in [0.4, 0.5) is 5.82 Å². The molecule has 28 heavy (non-hydrogen) atoms. The molecule has 2 aromatic rings. The summed E-state index contributed by atoms with van der Waals surface area (Å²) in [6, 6.07) is 7.89. The van der Waals surface area contributed by atoms with E-state index in [1.807, 2.05) is 24.3 Å². The number of hydrogen-bond donors (Lipinski definition) is 2. The number of likely N-dealkylation sites (tertiary alicyclic amines) is 1. The highest BCUT2D eigenvalue weighted by atomic mass is 16.5. The Kier molecular flexibility index (Phi) is 4.80. The largest absolute Gasteiger partial charge is 0.497 e. The standard InChI is InChI=1S/C20H24N4O4/c1-28-14-8-4-12(5-9-14)15-3-2-10-23(15)11-16(25)17-18(21)24(13-6-7-13)20(27)22-19(17)26/h4-5,8-9,13,15H,2-3,6-7,10-11,21H2,1H3,(H,22,26,27)/t15-/m1/s1. The van der Waals surface area contributed by atoms with Crippen molar-refractivity contribution in [3.63, 3.8) is 0 Å². The first-order chi connectivity index (χ1) is 13.5. The van der Waals surface area contributed by atoms with Crippen LogP contribution in [-0.2, 0) is 0 Å². The van der Waals surface area contributed by atoms with Gasteiger partial charge in [-0.2, -0.15) is 0 Å². The molecule has 1 atom stereocenters. The quantitative estimate of drug-likeness (QED) is 0.730. The van der Waals surface area contributed by atoms with Crippen molar-refractivity contribution in [3.05, 3.63) is 56.2 Å². The Balaban J connectivity index is 1.58. The van der Waals surface area contributed by atoms with Crippen LogP contribution in [0.2, 0.25) is 0 Å². The molecular formula is C20H24N4O4. The van der Waals surface area contributed by atoms with E-state index in [1.54, 1.807) is 7.11 Å². The van der Waals surface area contributed by atoms with E-state index in [9.17, 15) is 14.4 Å². The van der Waals surface area contributed by atoms with Crippen LogP contribution < -0.4 is 21.7 Å². The van der Waals surface area contributed by atoms with Crippen molar-refractivity contribution in [1.82, 2.24) is 14.5 Å². The lowest BCUT2D eigenvalue weighted by molar-refractivity contribution is 0.0920. The van der Waals surface area contributed by atoms with Crippen molar-refractivity contribution in [3.8, 4) is 5.75 Å². The minimum absolute atomic E-state index is 0.0126. The minimum Gasteiger partial charge on any atom is -0.497 e. The molecule has 4 rings (SSSR count). The van der Waals surface area contributed by atoms with Crippen molar-refractivity contribution >= 4 is 11.6 Å². The van der Waals surface area contributed by atoms with Crippen LogP contribution in [-0.4, -0.2) is 40.4 Å². The number of methoxy groups -OCH3 is 1. The smallest absolute Gasteiger partial charge is 0.330 e. The number of anilines is 1. The molecule has 148 valence electrons. The summed E-state index contributed by atoms with van der Waals surface area (Å²) < 4.78 is 6.55. The molecule has 1 aromatic heterocycles. The zero-order valence-corrected chi connectivity index (χ0v) is 15.8. The fourth-order valence-electron chi connectivity index (χ4n) is 4.01. The highest BCUT2D eigenvalue weighted by Crippen LogP contribution is 2.36. The number of nitrogens with one attached hydrogen (secondary N) is 1. The summed E-state index contributed by atoms with van der Waals surface area (Å²) in [7, 11) is 1.62. The zero-order valence-electron chi connectivity index (χ0n) is 15.8. The van der Waals surface area contributed by atoms with Gasteiger partial charge in [-0.05, 0) is 49.9 Å². The van der Waals surface area contributed by atoms with Gasteiger partial charge in [0.25, 0.3) is 5.56 Å². The number of nitrogens with zero attached hydrogens (tertiary/aromatic N) is 2. The molecule has 3 N–H and O–H groups in total. The van der Waals surface area contributed by atoms with Gasteiger partial charge in [-0.3, -0.25) is 24.0 Å². The van der Waals surface area contributed by atoms with E-state index >= 15 is 0 Å². The molecule has 8 nitrogen and oxygen atoms in total. The van der Waals surface area contributed by atoms with Crippen LogP contribution in [0.25, 0.3) is 0 Å². The summed E-state index contributed by atoms with van der Waals surface area (Å²) >= 11 is 0. The van der Waals surface area contributed by atoms with Crippen LogP contribution in [0.1, 0.15) is 53.7 Å². The summed E-state index contributed by atoms with van der Waals surface area (Å²) in [4.78, 5) is 41.6. The van der Waals surface area contributed by atoms with E-state index in [2.05, 4.69) is 9.88 Å². The van der Waals surface area contributed by atoms with Crippen LogP contribution in [0, 0.1) is 0 Å². The SMILES string of the molecule is COc1ccc([C@H]2CCCN2CC(=O)c2c(N)n(C3CC3)c(=O)[nH]c2=O)cc1. The summed E-state index contributed by atoms with van der Waals surface area (Å²) in [5.74, 6) is 0.418. The highest BCUT2D eigenvalue weighted by molar-refractivity contribution is 6.01. The number of rotatable bonds is 6. The second kappa shape index (κ2) is 7.27. The van der Waals surface area contributed by atoms with Crippen molar-refractivity contribution in [2.24, 2.45) is 0 Å². The second-order valence-corrected chi connectivity index (χ2v) is 7.45. The number of carbonyl (C=O) groups excluding carboxylic acids is 1. The maximum absolute atomic E-state index is 12.9. The molecule has 0 spiro atoms. The number of nitrogen functional groups attached to an aromatic ring is 1. The van der Waals surface area contributed by atoms with Crippen molar-refractivity contribution in [1.29, 1.82) is 0 Å². The zero-order chi connectivity index (χ0) is 19.8. The molecule has 0 bridgehead atoms. The van der Waals surface area contributed by atoms with Gasteiger partial charge in [0.05, 0.1) is 13.7 Å². The summed E-state index contributed by atoms with van der Waals surface area (Å²) in [6.07, 6.45) is 3.56. The fraction of sp³-hybridized carbons (Fsp3) is 0.450. The monoisotopic (exact) mass is 384 g/mol. The Labute approximate surface area is 161 Å². The molecule has 2 aliphatic rings. The van der Waals surface area contributed by atoms with Gasteiger partial charge in [0.2, 0.25) is 0 Å². The number of H-pyrrole nitrogens is 1. The lowest BCUT2D eigenvalue weighted by atomic mass is 10.0. The Hall–Kier alpha value is -2.87. The maximum atomic E-state index is 12.9. The molecule has 8 heteroatoms. The Bertz CT molecular complexity index is 1000. The molecule has 1 aliphatic carbocycles. The third-order valence-electron chi connectivity index (χ3n) is 5.58. The molecule has 1 aromatic carbocycles. The summed E-state index contributed by atoms with van der Waals surface area (Å²) in [5.41, 5.74) is 5.82. The predicted molar refractivity (Wildman–Crippen MR) is 105 cm³/mol. The molecule has 0 unspecified atom stereocenters. The Morgan fingerprint density at radius 2 is 1.93 bits per heavy atom. The predicted octanol–water partition coefficient (Wildman–Crippen LogP) is 1.48. The minimum atomic E-state index is -0.704. The number of nitrogens with two attached hydrogens (primary N) is 1. The molecule has 1 saturated heterocycles. The van der Waals surface area contributed by atoms with Crippen molar-refractivity contribution < 1.29 is 9.53 Å². The number of hydrogen-bond acceptors (Lipinski definition) is 6. The number of aromatic amines is 1. The molecule has 2 fully saturated rings. The van der Waals surface area contributed by atoms with Crippen molar-refractivity contribution in [2.75, 3.05) is 25.9 Å². The number of aromatic nitrogens is 2. The van der Waals surface area contributed by atoms with Gasteiger partial charge >= 0.3 is 5.69 Å². The molecule has 0 radical (unpaired) electrons. The second-order valence-electron chi connectivity index (χ2n) is 7.45. The summed E-state index contributed by atoms with van der Waals surface area (Å²) in [5, 5.41) is 0.